The van der Waals surface area contributed by atoms with Crippen molar-refractivity contribution in [2.45, 2.75) is 26.2 Å². The maximum Gasteiger partial charge on any atom is 0.181 e. The number of hydrogen-bond acceptors (Lipinski definition) is 2. The molecule has 1 aromatic heterocycles. The molecule has 70 valence electrons. The SMILES string of the molecule is Cc1cc(C(=O)CC2CC2)n(C)n1. The third-order valence-electron chi connectivity index (χ3n) is 2.46. The van der Waals surface area contributed by atoms with Gasteiger partial charge in [-0.05, 0) is 31.7 Å². The van der Waals surface area contributed by atoms with E-state index < -0.39 is 0 Å². The van der Waals surface area contributed by atoms with E-state index in [2.05, 4.69) is 5.10 Å². The molecule has 0 N–H and O–H groups in total. The van der Waals surface area contributed by atoms with Crippen LogP contribution in [0.1, 0.15) is 35.4 Å². The van der Waals surface area contributed by atoms with Crippen molar-refractivity contribution in [1.29, 1.82) is 0 Å². The molecular formula is C10H14N2O. The van der Waals surface area contributed by atoms with Crippen molar-refractivity contribution >= 4 is 5.78 Å². The minimum absolute atomic E-state index is 0.241. The largest absolute Gasteiger partial charge is 0.292 e. The molecule has 0 radical (unpaired) electrons. The molecule has 1 aliphatic carbocycles. The molecule has 2 rings (SSSR count). The highest BCUT2D eigenvalue weighted by molar-refractivity contribution is 5.94. The molecule has 13 heavy (non-hydrogen) atoms. The van der Waals surface area contributed by atoms with E-state index >= 15 is 0 Å². The average molecular weight is 178 g/mol. The summed E-state index contributed by atoms with van der Waals surface area (Å²) in [6.07, 6.45) is 3.16. The van der Waals surface area contributed by atoms with Gasteiger partial charge in [0.15, 0.2) is 5.78 Å². The zero-order valence-electron chi connectivity index (χ0n) is 8.08. The number of Topliss-reactive ketones (excluding diaryl/α,β-unsaturated/α-hetero) is 1. The molecule has 0 aromatic carbocycles. The maximum atomic E-state index is 11.7. The Hall–Kier alpha value is -1.12. The van der Waals surface area contributed by atoms with E-state index in [-0.39, 0.29) is 5.78 Å². The highest BCUT2D eigenvalue weighted by atomic mass is 16.1. The van der Waals surface area contributed by atoms with E-state index in [4.69, 9.17) is 0 Å². The molecule has 0 spiro atoms. The first-order chi connectivity index (χ1) is 6.16. The van der Waals surface area contributed by atoms with Crippen molar-refractivity contribution < 1.29 is 4.79 Å². The van der Waals surface area contributed by atoms with Crippen molar-refractivity contribution in [2.75, 3.05) is 0 Å². The van der Waals surface area contributed by atoms with Crippen LogP contribution in [0, 0.1) is 12.8 Å². The lowest BCUT2D eigenvalue weighted by atomic mass is 10.1. The Morgan fingerprint density at radius 1 is 1.69 bits per heavy atom. The van der Waals surface area contributed by atoms with E-state index in [1.807, 2.05) is 20.0 Å². The molecular weight excluding hydrogens is 164 g/mol. The smallest absolute Gasteiger partial charge is 0.181 e. The second-order valence-corrected chi connectivity index (χ2v) is 3.87. The molecule has 0 aliphatic heterocycles. The van der Waals surface area contributed by atoms with Crippen LogP contribution in [0.2, 0.25) is 0 Å². The molecule has 0 unspecified atom stereocenters. The molecule has 1 fully saturated rings. The fraction of sp³-hybridized carbons (Fsp3) is 0.600. The molecule has 1 aromatic rings. The monoisotopic (exact) mass is 178 g/mol. The first-order valence-corrected chi connectivity index (χ1v) is 4.70. The van der Waals surface area contributed by atoms with Gasteiger partial charge in [-0.15, -0.1) is 0 Å². The normalized spacial score (nSPS) is 16.2. The Morgan fingerprint density at radius 3 is 2.85 bits per heavy atom. The van der Waals surface area contributed by atoms with Crippen molar-refractivity contribution in [3.05, 3.63) is 17.5 Å². The van der Waals surface area contributed by atoms with Crippen molar-refractivity contribution in [2.24, 2.45) is 13.0 Å². The number of rotatable bonds is 3. The minimum atomic E-state index is 0.241. The van der Waals surface area contributed by atoms with Crippen LogP contribution in [0.4, 0.5) is 0 Å². The Morgan fingerprint density at radius 2 is 2.38 bits per heavy atom. The molecule has 0 amide bonds. The molecule has 0 atom stereocenters. The van der Waals surface area contributed by atoms with E-state index in [1.165, 1.54) is 12.8 Å². The number of aromatic nitrogens is 2. The molecule has 0 saturated heterocycles. The van der Waals surface area contributed by atoms with Gasteiger partial charge in [-0.3, -0.25) is 9.48 Å². The summed E-state index contributed by atoms with van der Waals surface area (Å²) in [6.45, 7) is 1.91. The van der Waals surface area contributed by atoms with Crippen LogP contribution in [-0.2, 0) is 7.05 Å². The molecule has 3 heteroatoms. The predicted octanol–water partition coefficient (Wildman–Crippen LogP) is 1.71. The van der Waals surface area contributed by atoms with Gasteiger partial charge >= 0.3 is 0 Å². The zero-order valence-corrected chi connectivity index (χ0v) is 8.08. The van der Waals surface area contributed by atoms with Crippen LogP contribution in [0.5, 0.6) is 0 Å². The van der Waals surface area contributed by atoms with Gasteiger partial charge in [0.05, 0.1) is 5.69 Å². The fourth-order valence-electron chi connectivity index (χ4n) is 1.56. The van der Waals surface area contributed by atoms with Gasteiger partial charge in [-0.2, -0.15) is 5.10 Å². The van der Waals surface area contributed by atoms with Gasteiger partial charge in [0, 0.05) is 13.5 Å². The van der Waals surface area contributed by atoms with Gasteiger partial charge in [0.1, 0.15) is 5.69 Å². The topological polar surface area (TPSA) is 34.9 Å². The average Bonchev–Trinajstić information content (AvgIpc) is 2.77. The number of carbonyl (C=O) groups excluding carboxylic acids is 1. The number of ketones is 1. The van der Waals surface area contributed by atoms with Gasteiger partial charge in [-0.1, -0.05) is 0 Å². The van der Waals surface area contributed by atoms with E-state index in [0.29, 0.717) is 12.3 Å². The molecule has 0 bridgehead atoms. The van der Waals surface area contributed by atoms with Crippen LogP contribution in [0.3, 0.4) is 0 Å². The van der Waals surface area contributed by atoms with Gasteiger partial charge < -0.3 is 0 Å². The molecule has 1 heterocycles. The number of nitrogens with zero attached hydrogens (tertiary/aromatic N) is 2. The third-order valence-corrected chi connectivity index (χ3v) is 2.46. The first kappa shape index (κ1) is 8.48. The summed E-state index contributed by atoms with van der Waals surface area (Å²) < 4.78 is 1.68. The summed E-state index contributed by atoms with van der Waals surface area (Å²) in [6, 6.07) is 1.87. The van der Waals surface area contributed by atoms with Crippen molar-refractivity contribution in [3.63, 3.8) is 0 Å². The van der Waals surface area contributed by atoms with E-state index in [9.17, 15) is 4.79 Å². The van der Waals surface area contributed by atoms with Gasteiger partial charge in [0.2, 0.25) is 0 Å². The summed E-state index contributed by atoms with van der Waals surface area (Å²) in [4.78, 5) is 11.7. The first-order valence-electron chi connectivity index (χ1n) is 4.70. The lowest BCUT2D eigenvalue weighted by Crippen LogP contribution is -2.07. The quantitative estimate of drug-likeness (QED) is 0.660. The van der Waals surface area contributed by atoms with Crippen LogP contribution < -0.4 is 0 Å². The molecule has 1 aliphatic rings. The summed E-state index contributed by atoms with van der Waals surface area (Å²) in [5.74, 6) is 0.897. The van der Waals surface area contributed by atoms with Crippen LogP contribution in [0.25, 0.3) is 0 Å². The predicted molar refractivity (Wildman–Crippen MR) is 49.6 cm³/mol. The van der Waals surface area contributed by atoms with Crippen LogP contribution in [0.15, 0.2) is 6.07 Å². The highest BCUT2D eigenvalue weighted by Crippen LogP contribution is 2.33. The summed E-state index contributed by atoms with van der Waals surface area (Å²) in [5, 5.41) is 4.16. The minimum Gasteiger partial charge on any atom is -0.292 e. The molecule has 1 saturated carbocycles. The number of hydrogen-bond donors (Lipinski definition) is 0. The van der Waals surface area contributed by atoms with E-state index in [0.717, 1.165) is 11.4 Å². The lowest BCUT2D eigenvalue weighted by Gasteiger charge is -1.98. The Labute approximate surface area is 77.7 Å². The fourth-order valence-corrected chi connectivity index (χ4v) is 1.56. The second-order valence-electron chi connectivity index (χ2n) is 3.87. The Bertz CT molecular complexity index is 337. The third kappa shape index (κ3) is 1.79. The number of carbonyl (C=O) groups is 1. The lowest BCUT2D eigenvalue weighted by molar-refractivity contribution is 0.0967. The zero-order chi connectivity index (χ0) is 9.42. The van der Waals surface area contributed by atoms with Crippen LogP contribution in [-0.4, -0.2) is 15.6 Å². The highest BCUT2D eigenvalue weighted by Gasteiger charge is 2.26. The second kappa shape index (κ2) is 2.98. The Kier molecular flexibility index (Phi) is 1.94. The van der Waals surface area contributed by atoms with Gasteiger partial charge in [-0.25, -0.2) is 0 Å². The maximum absolute atomic E-state index is 11.7. The summed E-state index contributed by atoms with van der Waals surface area (Å²) in [7, 11) is 1.83. The summed E-state index contributed by atoms with van der Waals surface area (Å²) in [5.41, 5.74) is 1.67. The summed E-state index contributed by atoms with van der Waals surface area (Å²) >= 11 is 0. The van der Waals surface area contributed by atoms with Crippen molar-refractivity contribution in [3.8, 4) is 0 Å². The van der Waals surface area contributed by atoms with Gasteiger partial charge in [0.25, 0.3) is 0 Å². The Balaban J connectivity index is 2.13. The molecule has 3 nitrogen and oxygen atoms in total. The van der Waals surface area contributed by atoms with Crippen molar-refractivity contribution in [1.82, 2.24) is 9.78 Å². The number of aryl methyl sites for hydroxylation is 2. The standard InChI is InChI=1S/C10H14N2O/c1-7-5-9(12(2)11-7)10(13)6-8-3-4-8/h5,8H,3-4,6H2,1-2H3. The van der Waals surface area contributed by atoms with E-state index in [1.54, 1.807) is 4.68 Å². The van der Waals surface area contributed by atoms with Crippen LogP contribution >= 0.6 is 0 Å².